The molecule has 1 fully saturated rings. The molecule has 0 spiro atoms. The van der Waals surface area contributed by atoms with E-state index in [0.717, 1.165) is 17.0 Å². The van der Waals surface area contributed by atoms with Gasteiger partial charge in [-0.1, -0.05) is 42.5 Å². The molecule has 3 aromatic carbocycles. The number of carbonyl (C=O) groups is 4. The summed E-state index contributed by atoms with van der Waals surface area (Å²) < 4.78 is 26.2. The first-order valence-electron chi connectivity index (χ1n) is 16.3. The number of carboxylic acids is 1. The van der Waals surface area contributed by atoms with Gasteiger partial charge >= 0.3 is 17.9 Å². The van der Waals surface area contributed by atoms with E-state index in [1.54, 1.807) is 24.3 Å². The van der Waals surface area contributed by atoms with Gasteiger partial charge in [0, 0.05) is 40.0 Å². The van der Waals surface area contributed by atoms with Gasteiger partial charge in [0.25, 0.3) is 5.79 Å². The van der Waals surface area contributed by atoms with Crippen LogP contribution >= 0.6 is 0 Å². The van der Waals surface area contributed by atoms with E-state index in [4.69, 9.17) is 23.4 Å². The highest BCUT2D eigenvalue weighted by Gasteiger charge is 2.46. The molecule has 3 heterocycles. The number of carbonyl (C=O) groups excluding carboxylic acids is 3. The molecule has 0 bridgehead atoms. The van der Waals surface area contributed by atoms with Crippen molar-refractivity contribution < 1.29 is 47.6 Å². The van der Waals surface area contributed by atoms with E-state index in [1.807, 2.05) is 68.4 Å². The number of ketones is 1. The van der Waals surface area contributed by atoms with E-state index in [-0.39, 0.29) is 12.1 Å². The van der Waals surface area contributed by atoms with Crippen LogP contribution in [0.4, 0.5) is 0 Å². The zero-order valence-corrected chi connectivity index (χ0v) is 29.3. The van der Waals surface area contributed by atoms with Crippen molar-refractivity contribution in [3.05, 3.63) is 119 Å². The van der Waals surface area contributed by atoms with Crippen molar-refractivity contribution in [2.45, 2.75) is 52.7 Å². The Bertz CT molecular complexity index is 2050. The van der Waals surface area contributed by atoms with Crippen molar-refractivity contribution >= 4 is 23.7 Å². The summed E-state index contributed by atoms with van der Waals surface area (Å²) in [6.45, 7) is 7.04. The molecule has 1 aliphatic rings. The van der Waals surface area contributed by atoms with Gasteiger partial charge in [-0.15, -0.1) is 5.10 Å². The van der Waals surface area contributed by atoms with Crippen LogP contribution in [0.1, 0.15) is 58.5 Å². The van der Waals surface area contributed by atoms with Crippen LogP contribution in [-0.2, 0) is 43.1 Å². The Kier molecular flexibility index (Phi) is 11.5. The van der Waals surface area contributed by atoms with Crippen molar-refractivity contribution in [1.82, 2.24) is 20.0 Å². The number of hydrogen-bond acceptors (Lipinski definition) is 12. The third kappa shape index (κ3) is 9.47. The summed E-state index contributed by atoms with van der Waals surface area (Å²) in [6, 6.07) is 23.6. The number of rotatable bonds is 12. The Morgan fingerprint density at radius 3 is 2.15 bits per heavy atom. The molecule has 14 nitrogen and oxygen atoms in total. The smallest absolute Gasteiger partial charge is 0.358 e. The predicted octanol–water partition coefficient (Wildman–Crippen LogP) is 5.04. The summed E-state index contributed by atoms with van der Waals surface area (Å²) in [7, 11) is 1.51. The maximum absolute atomic E-state index is 12.2. The molecule has 14 heteroatoms. The molecule has 5 aromatic rings. The highest BCUT2D eigenvalue weighted by Crippen LogP contribution is 2.25. The first kappa shape index (κ1) is 37.0. The molecule has 1 aliphatic heterocycles. The normalized spacial score (nSPS) is 13.7. The zero-order valence-electron chi connectivity index (χ0n) is 29.3. The Morgan fingerprint density at radius 2 is 1.52 bits per heavy atom. The van der Waals surface area contributed by atoms with Crippen LogP contribution in [0.2, 0.25) is 0 Å². The minimum atomic E-state index is -1.52. The maximum atomic E-state index is 12.2. The molecule has 0 saturated carbocycles. The molecule has 0 aliphatic carbocycles. The Morgan fingerprint density at radius 1 is 0.865 bits per heavy atom. The van der Waals surface area contributed by atoms with E-state index in [0.29, 0.717) is 53.8 Å². The molecule has 1 N–H and O–H groups in total. The number of benzene rings is 3. The number of methoxy groups -OCH3 is 1. The number of Topliss-reactive ketones (excluding diaryl/α,β-unsaturated/α-hetero) is 1. The van der Waals surface area contributed by atoms with Gasteiger partial charge < -0.3 is 28.5 Å². The van der Waals surface area contributed by atoms with Crippen LogP contribution in [0.15, 0.2) is 83.3 Å². The lowest BCUT2D eigenvalue weighted by atomic mass is 9.97. The molecule has 52 heavy (non-hydrogen) atoms. The molecule has 270 valence electrons. The fourth-order valence-corrected chi connectivity index (χ4v) is 5.37. The van der Waals surface area contributed by atoms with Crippen molar-refractivity contribution in [2.75, 3.05) is 13.7 Å². The number of carboxylic acid groups (broad SMARTS) is 1. The van der Waals surface area contributed by atoms with E-state index in [1.165, 1.54) is 25.8 Å². The first-order valence-corrected chi connectivity index (χ1v) is 16.3. The van der Waals surface area contributed by atoms with Gasteiger partial charge in [-0.25, -0.2) is 9.78 Å². The summed E-state index contributed by atoms with van der Waals surface area (Å²) in [5.74, 6) is -3.53. The monoisotopic (exact) mass is 710 g/mol. The number of ether oxygens (including phenoxy) is 4. The van der Waals surface area contributed by atoms with Crippen molar-refractivity contribution in [1.29, 1.82) is 0 Å². The van der Waals surface area contributed by atoms with Crippen LogP contribution in [0.3, 0.4) is 0 Å². The Balaban J connectivity index is 0.000000217. The maximum Gasteiger partial charge on any atom is 0.358 e. The number of esters is 2. The predicted molar refractivity (Wildman–Crippen MR) is 184 cm³/mol. The fourth-order valence-electron chi connectivity index (χ4n) is 5.37. The van der Waals surface area contributed by atoms with Gasteiger partial charge in [0.05, 0.1) is 25.1 Å². The second-order valence-electron chi connectivity index (χ2n) is 12.3. The number of aromatic nitrogens is 4. The Labute approximate surface area is 299 Å². The van der Waals surface area contributed by atoms with Gasteiger partial charge in [0.2, 0.25) is 5.92 Å². The second kappa shape index (κ2) is 16.1. The van der Waals surface area contributed by atoms with Gasteiger partial charge in [0.15, 0.2) is 17.4 Å². The minimum absolute atomic E-state index is 0.0629. The Hall–Kier alpha value is -6.31. The van der Waals surface area contributed by atoms with Crippen molar-refractivity contribution in [3.8, 4) is 17.2 Å². The van der Waals surface area contributed by atoms with Gasteiger partial charge in [-0.05, 0) is 54.4 Å². The highest BCUT2D eigenvalue weighted by atomic mass is 16.7. The average molecular weight is 711 g/mol. The molecule has 2 aromatic heterocycles. The molecule has 1 saturated heterocycles. The SMILES string of the molecule is COc1cccc(CC(=O)C2C(=O)OC(C)(C)OC2=O)c1.Cc1nc(CCOc2cccc(Cc3nn(-c4ccccc4)nc3C(=O)O)c2)c(C)o1. The minimum Gasteiger partial charge on any atom is -0.497 e. The quantitative estimate of drug-likeness (QED) is 0.134. The van der Waals surface area contributed by atoms with Crippen LogP contribution in [0.5, 0.6) is 11.5 Å². The molecule has 0 amide bonds. The number of para-hydroxylation sites is 1. The van der Waals surface area contributed by atoms with Gasteiger partial charge in [-0.2, -0.15) is 9.90 Å². The standard InChI is InChI=1S/C23H22N4O4.C15H16O6/c1-15-20(24-16(2)31-15)11-12-30-19-10-6-7-17(13-19)14-21-22(23(28)29)26-27(25-21)18-8-4-3-5-9-18;1-15(2)20-13(17)12(14(18)21-15)11(16)8-9-5-4-6-10(7-9)19-3/h3-10,13H,11-12,14H2,1-2H3,(H,28,29);4-7,12H,8H2,1-3H3. The third-order valence-corrected chi connectivity index (χ3v) is 7.75. The number of cyclic esters (lactones) is 2. The number of nitrogens with zero attached hydrogens (tertiary/aromatic N) is 4. The second-order valence-corrected chi connectivity index (χ2v) is 12.3. The van der Waals surface area contributed by atoms with E-state index in [2.05, 4.69) is 15.2 Å². The lowest BCUT2D eigenvalue weighted by Gasteiger charge is -2.32. The van der Waals surface area contributed by atoms with Crippen molar-refractivity contribution in [2.24, 2.45) is 5.92 Å². The molecule has 0 unspecified atom stereocenters. The molecular formula is C38H38N4O10. The molecule has 0 atom stereocenters. The topological polar surface area (TPSA) is 182 Å². The van der Waals surface area contributed by atoms with E-state index < -0.39 is 35.4 Å². The third-order valence-electron chi connectivity index (χ3n) is 7.75. The van der Waals surface area contributed by atoms with Gasteiger partial charge in [-0.3, -0.25) is 14.4 Å². The average Bonchev–Trinajstić information content (AvgIpc) is 3.66. The van der Waals surface area contributed by atoms with Crippen molar-refractivity contribution in [3.63, 3.8) is 0 Å². The number of aromatic carboxylic acids is 1. The summed E-state index contributed by atoms with van der Waals surface area (Å²) in [6.07, 6.45) is 0.891. The van der Waals surface area contributed by atoms with Crippen LogP contribution in [0.25, 0.3) is 5.69 Å². The largest absolute Gasteiger partial charge is 0.497 e. The fraction of sp³-hybridized carbons (Fsp3) is 0.289. The summed E-state index contributed by atoms with van der Waals surface area (Å²) >= 11 is 0. The lowest BCUT2D eigenvalue weighted by Crippen LogP contribution is -2.49. The molecule has 6 rings (SSSR count). The lowest BCUT2D eigenvalue weighted by molar-refractivity contribution is -0.238. The number of aryl methyl sites for hydroxylation is 2. The molecular weight excluding hydrogens is 672 g/mol. The summed E-state index contributed by atoms with van der Waals surface area (Å²) in [4.78, 5) is 53.1. The first-order chi connectivity index (χ1) is 24.8. The van der Waals surface area contributed by atoms with Crippen LogP contribution in [-0.4, -0.2) is 68.3 Å². The van der Waals surface area contributed by atoms with Crippen LogP contribution < -0.4 is 9.47 Å². The van der Waals surface area contributed by atoms with E-state index in [9.17, 15) is 24.3 Å². The van der Waals surface area contributed by atoms with Gasteiger partial charge in [0.1, 0.15) is 23.0 Å². The highest BCUT2D eigenvalue weighted by molar-refractivity contribution is 6.16. The summed E-state index contributed by atoms with van der Waals surface area (Å²) in [5.41, 5.74) is 3.44. The number of oxazole rings is 1. The summed E-state index contributed by atoms with van der Waals surface area (Å²) in [5, 5.41) is 18.1. The molecule has 0 radical (unpaired) electrons. The van der Waals surface area contributed by atoms with Crippen LogP contribution in [0, 0.1) is 19.8 Å². The number of hydrogen-bond donors (Lipinski definition) is 1. The van der Waals surface area contributed by atoms with E-state index >= 15 is 0 Å². The zero-order chi connectivity index (χ0) is 37.4.